The van der Waals surface area contributed by atoms with Crippen LogP contribution in [0.5, 0.6) is 0 Å². The maximum absolute atomic E-state index is 11.7. The summed E-state index contributed by atoms with van der Waals surface area (Å²) in [6, 6.07) is 0. The SMILES string of the molecule is CC1(OC(=O)/C=C\C(=O)OC2(C)CCCC2)CCCC1. The van der Waals surface area contributed by atoms with Crippen molar-refractivity contribution in [1.82, 2.24) is 0 Å². The largest absolute Gasteiger partial charge is 0.456 e. The van der Waals surface area contributed by atoms with E-state index in [1.807, 2.05) is 13.8 Å². The monoisotopic (exact) mass is 280 g/mol. The molecule has 0 atom stereocenters. The Hall–Kier alpha value is -1.32. The van der Waals surface area contributed by atoms with Gasteiger partial charge < -0.3 is 9.47 Å². The van der Waals surface area contributed by atoms with E-state index in [0.29, 0.717) is 0 Å². The number of hydrogen-bond acceptors (Lipinski definition) is 4. The molecule has 0 heterocycles. The zero-order valence-corrected chi connectivity index (χ0v) is 12.4. The van der Waals surface area contributed by atoms with Crippen LogP contribution in [0.2, 0.25) is 0 Å². The van der Waals surface area contributed by atoms with Gasteiger partial charge in [-0.15, -0.1) is 0 Å². The average molecular weight is 280 g/mol. The molecule has 0 N–H and O–H groups in total. The molecule has 20 heavy (non-hydrogen) atoms. The first-order chi connectivity index (χ1) is 9.41. The fraction of sp³-hybridized carbons (Fsp3) is 0.750. The number of carbonyl (C=O) groups is 2. The van der Waals surface area contributed by atoms with Gasteiger partial charge in [-0.3, -0.25) is 0 Å². The summed E-state index contributed by atoms with van der Waals surface area (Å²) < 4.78 is 10.8. The Morgan fingerprint density at radius 3 is 1.35 bits per heavy atom. The van der Waals surface area contributed by atoms with Crippen LogP contribution in [-0.4, -0.2) is 23.1 Å². The Bertz CT molecular complexity index is 361. The van der Waals surface area contributed by atoms with Crippen molar-refractivity contribution < 1.29 is 19.1 Å². The van der Waals surface area contributed by atoms with Crippen LogP contribution in [0.25, 0.3) is 0 Å². The van der Waals surface area contributed by atoms with Gasteiger partial charge in [0, 0.05) is 12.2 Å². The lowest BCUT2D eigenvalue weighted by Gasteiger charge is -2.23. The Kier molecular flexibility index (Phi) is 4.51. The molecule has 0 aromatic heterocycles. The van der Waals surface area contributed by atoms with Gasteiger partial charge in [-0.2, -0.15) is 0 Å². The van der Waals surface area contributed by atoms with E-state index in [4.69, 9.17) is 9.47 Å². The van der Waals surface area contributed by atoms with Crippen molar-refractivity contribution in [1.29, 1.82) is 0 Å². The van der Waals surface area contributed by atoms with Gasteiger partial charge >= 0.3 is 11.9 Å². The van der Waals surface area contributed by atoms with Crippen molar-refractivity contribution in [3.8, 4) is 0 Å². The summed E-state index contributed by atoms with van der Waals surface area (Å²) in [6.45, 7) is 3.90. The molecule has 0 saturated heterocycles. The fourth-order valence-electron chi connectivity index (χ4n) is 3.14. The predicted molar refractivity (Wildman–Crippen MR) is 75.1 cm³/mol. The molecule has 0 aliphatic heterocycles. The van der Waals surface area contributed by atoms with Crippen molar-refractivity contribution in [2.75, 3.05) is 0 Å². The minimum atomic E-state index is -0.456. The van der Waals surface area contributed by atoms with Gasteiger partial charge in [0.1, 0.15) is 11.2 Å². The van der Waals surface area contributed by atoms with Gasteiger partial charge in [0.2, 0.25) is 0 Å². The molecule has 112 valence electrons. The Morgan fingerprint density at radius 2 is 1.05 bits per heavy atom. The summed E-state index contributed by atoms with van der Waals surface area (Å²) in [5.74, 6) is -0.911. The number of carbonyl (C=O) groups excluding carboxylic acids is 2. The van der Waals surface area contributed by atoms with E-state index in [2.05, 4.69) is 0 Å². The molecule has 0 unspecified atom stereocenters. The zero-order valence-electron chi connectivity index (χ0n) is 12.4. The number of ether oxygens (including phenoxy) is 2. The fourth-order valence-corrected chi connectivity index (χ4v) is 3.14. The first kappa shape index (κ1) is 15.1. The second kappa shape index (κ2) is 5.98. The lowest BCUT2D eigenvalue weighted by Crippen LogP contribution is -2.28. The van der Waals surface area contributed by atoms with Gasteiger partial charge in [-0.25, -0.2) is 9.59 Å². The molecule has 2 fully saturated rings. The summed E-state index contributed by atoms with van der Waals surface area (Å²) in [5, 5.41) is 0. The second-order valence-corrected chi connectivity index (χ2v) is 6.49. The number of rotatable bonds is 4. The van der Waals surface area contributed by atoms with Gasteiger partial charge in [-0.1, -0.05) is 0 Å². The van der Waals surface area contributed by atoms with Crippen molar-refractivity contribution >= 4 is 11.9 Å². The summed E-state index contributed by atoms with van der Waals surface area (Å²) in [7, 11) is 0. The summed E-state index contributed by atoms with van der Waals surface area (Å²) in [5.41, 5.74) is -0.717. The Labute approximate surface area is 120 Å². The quantitative estimate of drug-likeness (QED) is 0.585. The molecule has 0 aromatic rings. The van der Waals surface area contributed by atoms with Crippen LogP contribution in [-0.2, 0) is 19.1 Å². The third-order valence-electron chi connectivity index (χ3n) is 4.37. The van der Waals surface area contributed by atoms with Crippen molar-refractivity contribution in [2.45, 2.75) is 76.4 Å². The molecule has 0 amide bonds. The molecule has 4 nitrogen and oxygen atoms in total. The summed E-state index contributed by atoms with van der Waals surface area (Å²) >= 11 is 0. The third kappa shape index (κ3) is 4.09. The topological polar surface area (TPSA) is 52.6 Å². The van der Waals surface area contributed by atoms with E-state index in [0.717, 1.165) is 51.4 Å². The first-order valence-corrected chi connectivity index (χ1v) is 7.55. The standard InChI is InChI=1S/C16H24O4/c1-15(9-3-4-10-15)19-13(17)7-8-14(18)20-16(2)11-5-6-12-16/h7-8H,3-6,9-12H2,1-2H3/b8-7-. The number of hydrogen-bond donors (Lipinski definition) is 0. The molecule has 0 bridgehead atoms. The number of esters is 2. The lowest BCUT2D eigenvalue weighted by atomic mass is 10.1. The maximum atomic E-state index is 11.7. The van der Waals surface area contributed by atoms with Crippen molar-refractivity contribution in [3.63, 3.8) is 0 Å². The normalized spacial score (nSPS) is 23.9. The zero-order chi connectivity index (χ0) is 14.6. The van der Waals surface area contributed by atoms with Crippen LogP contribution in [0.1, 0.15) is 65.2 Å². The molecule has 4 heteroatoms. The Morgan fingerprint density at radius 1 is 0.750 bits per heavy atom. The van der Waals surface area contributed by atoms with Gasteiger partial charge in [0.25, 0.3) is 0 Å². The molecule has 0 aromatic carbocycles. The molecule has 2 rings (SSSR count). The smallest absolute Gasteiger partial charge is 0.331 e. The van der Waals surface area contributed by atoms with E-state index in [1.54, 1.807) is 0 Å². The highest BCUT2D eigenvalue weighted by atomic mass is 16.6. The maximum Gasteiger partial charge on any atom is 0.331 e. The van der Waals surface area contributed by atoms with Crippen LogP contribution < -0.4 is 0 Å². The summed E-state index contributed by atoms with van der Waals surface area (Å²) in [4.78, 5) is 23.4. The molecule has 2 aliphatic carbocycles. The van der Waals surface area contributed by atoms with Crippen LogP contribution in [0, 0.1) is 0 Å². The molecule has 2 aliphatic rings. The van der Waals surface area contributed by atoms with Gasteiger partial charge in [0.15, 0.2) is 0 Å². The van der Waals surface area contributed by atoms with Crippen LogP contribution in [0.3, 0.4) is 0 Å². The van der Waals surface area contributed by atoms with E-state index in [-0.39, 0.29) is 11.2 Å². The highest BCUT2D eigenvalue weighted by Crippen LogP contribution is 2.33. The first-order valence-electron chi connectivity index (χ1n) is 7.55. The summed E-state index contributed by atoms with van der Waals surface area (Å²) in [6.07, 6.45) is 10.3. The van der Waals surface area contributed by atoms with Crippen LogP contribution in [0.4, 0.5) is 0 Å². The van der Waals surface area contributed by atoms with Gasteiger partial charge in [0.05, 0.1) is 0 Å². The highest BCUT2D eigenvalue weighted by molar-refractivity contribution is 5.92. The van der Waals surface area contributed by atoms with Gasteiger partial charge in [-0.05, 0) is 65.2 Å². The second-order valence-electron chi connectivity index (χ2n) is 6.49. The van der Waals surface area contributed by atoms with Crippen molar-refractivity contribution in [3.05, 3.63) is 12.2 Å². The molecular weight excluding hydrogens is 256 g/mol. The minimum Gasteiger partial charge on any atom is -0.456 e. The van der Waals surface area contributed by atoms with E-state index >= 15 is 0 Å². The van der Waals surface area contributed by atoms with Crippen LogP contribution in [0.15, 0.2) is 12.2 Å². The third-order valence-corrected chi connectivity index (χ3v) is 4.37. The molecule has 0 radical (unpaired) electrons. The molecule has 2 saturated carbocycles. The molecule has 0 spiro atoms. The van der Waals surface area contributed by atoms with Crippen molar-refractivity contribution in [2.24, 2.45) is 0 Å². The lowest BCUT2D eigenvalue weighted by molar-refractivity contribution is -0.154. The minimum absolute atomic E-state index is 0.358. The van der Waals surface area contributed by atoms with E-state index in [1.165, 1.54) is 12.2 Å². The van der Waals surface area contributed by atoms with E-state index < -0.39 is 11.9 Å². The van der Waals surface area contributed by atoms with Crippen LogP contribution >= 0.6 is 0 Å². The van der Waals surface area contributed by atoms with E-state index in [9.17, 15) is 9.59 Å². The average Bonchev–Trinajstić information content (AvgIpc) is 2.96. The predicted octanol–water partition coefficient (Wildman–Crippen LogP) is 3.29. The Balaban J connectivity index is 1.79. The highest BCUT2D eigenvalue weighted by Gasteiger charge is 2.33. The molecular formula is C16H24O4.